The third-order valence-corrected chi connectivity index (χ3v) is 6.75. The summed E-state index contributed by atoms with van der Waals surface area (Å²) in [5.74, 6) is 1.66. The zero-order valence-electron chi connectivity index (χ0n) is 15.1. The Morgan fingerprint density at radius 1 is 1.20 bits per heavy atom. The Bertz CT molecular complexity index is 901. The number of nitrogens with zero attached hydrogens (tertiary/aromatic N) is 2. The first-order valence-corrected chi connectivity index (χ1v) is 9.93. The molecule has 25 heavy (non-hydrogen) atoms. The quantitative estimate of drug-likeness (QED) is 0.904. The van der Waals surface area contributed by atoms with Crippen molar-refractivity contribution in [3.8, 4) is 0 Å². The van der Waals surface area contributed by atoms with Gasteiger partial charge in [-0.15, -0.1) is 0 Å². The molecule has 0 bridgehead atoms. The number of aromatic nitrogens is 2. The van der Waals surface area contributed by atoms with Gasteiger partial charge in [0.05, 0.1) is 10.9 Å². The highest BCUT2D eigenvalue weighted by molar-refractivity contribution is 5.83. The second kappa shape index (κ2) is 5.41. The zero-order valence-corrected chi connectivity index (χ0v) is 15.1. The molecule has 1 aromatic carbocycles. The molecular weight excluding hydrogens is 310 g/mol. The predicted molar refractivity (Wildman–Crippen MR) is 100.0 cm³/mol. The van der Waals surface area contributed by atoms with Crippen molar-refractivity contribution in [3.63, 3.8) is 0 Å². The van der Waals surface area contributed by atoms with E-state index in [0.717, 1.165) is 35.3 Å². The van der Waals surface area contributed by atoms with Crippen LogP contribution in [0.25, 0.3) is 10.9 Å². The van der Waals surface area contributed by atoms with Crippen molar-refractivity contribution in [1.29, 1.82) is 0 Å². The van der Waals surface area contributed by atoms with Crippen molar-refractivity contribution in [3.05, 3.63) is 39.4 Å². The number of hydrogen-bond donors (Lipinski definition) is 1. The van der Waals surface area contributed by atoms with Crippen molar-refractivity contribution in [2.24, 2.45) is 5.73 Å². The highest BCUT2D eigenvalue weighted by Crippen LogP contribution is 2.46. The summed E-state index contributed by atoms with van der Waals surface area (Å²) in [6.45, 7) is 2.84. The van der Waals surface area contributed by atoms with Crippen molar-refractivity contribution in [2.75, 3.05) is 0 Å². The molecule has 1 atom stereocenters. The number of hydrogen-bond acceptors (Lipinski definition) is 3. The SMILES string of the molecule is C[C@@H](N)c1cc(C2CC2)cc2c(=O)n3c(nc12)C1(CCCCC1)CC3. The number of fused-ring (bicyclic) bond motifs is 3. The maximum absolute atomic E-state index is 13.3. The smallest absolute Gasteiger partial charge is 0.261 e. The molecule has 5 rings (SSSR count). The van der Waals surface area contributed by atoms with E-state index in [1.165, 1.54) is 50.5 Å². The Morgan fingerprint density at radius 2 is 1.96 bits per heavy atom. The van der Waals surface area contributed by atoms with Gasteiger partial charge in [-0.3, -0.25) is 9.36 Å². The van der Waals surface area contributed by atoms with Crippen LogP contribution in [0.4, 0.5) is 0 Å². The van der Waals surface area contributed by atoms with Crippen LogP contribution in [0.5, 0.6) is 0 Å². The molecule has 4 heteroatoms. The molecule has 3 aliphatic rings. The third kappa shape index (κ3) is 2.30. The van der Waals surface area contributed by atoms with Crippen LogP contribution in [-0.4, -0.2) is 9.55 Å². The second-order valence-corrected chi connectivity index (χ2v) is 8.55. The van der Waals surface area contributed by atoms with Crippen LogP contribution in [-0.2, 0) is 12.0 Å². The van der Waals surface area contributed by atoms with Gasteiger partial charge in [-0.1, -0.05) is 25.3 Å². The van der Waals surface area contributed by atoms with E-state index in [4.69, 9.17) is 10.7 Å². The number of benzene rings is 1. The van der Waals surface area contributed by atoms with E-state index in [9.17, 15) is 4.79 Å². The Hall–Kier alpha value is -1.68. The third-order valence-electron chi connectivity index (χ3n) is 6.75. The summed E-state index contributed by atoms with van der Waals surface area (Å²) in [5.41, 5.74) is 9.78. The molecule has 2 saturated carbocycles. The summed E-state index contributed by atoms with van der Waals surface area (Å²) in [4.78, 5) is 18.4. The molecule has 1 spiro atoms. The van der Waals surface area contributed by atoms with Gasteiger partial charge in [0.1, 0.15) is 5.82 Å². The van der Waals surface area contributed by atoms with Crippen molar-refractivity contribution < 1.29 is 0 Å². The predicted octanol–water partition coefficient (Wildman–Crippen LogP) is 3.90. The summed E-state index contributed by atoms with van der Waals surface area (Å²) in [6.07, 6.45) is 9.73. The first kappa shape index (κ1) is 15.6. The summed E-state index contributed by atoms with van der Waals surface area (Å²) < 4.78 is 1.98. The first-order chi connectivity index (χ1) is 12.1. The molecule has 2 fully saturated rings. The topological polar surface area (TPSA) is 60.9 Å². The lowest BCUT2D eigenvalue weighted by Crippen LogP contribution is -2.31. The molecule has 0 unspecified atom stereocenters. The molecule has 1 aliphatic heterocycles. The average Bonchev–Trinajstić information content (AvgIpc) is 3.41. The molecule has 132 valence electrons. The van der Waals surface area contributed by atoms with E-state index in [1.54, 1.807) is 0 Å². The molecule has 4 nitrogen and oxygen atoms in total. The molecule has 2 N–H and O–H groups in total. The van der Waals surface area contributed by atoms with E-state index < -0.39 is 0 Å². The fourth-order valence-electron chi connectivity index (χ4n) is 5.13. The van der Waals surface area contributed by atoms with Crippen molar-refractivity contribution in [2.45, 2.75) is 82.2 Å². The standard InChI is InChI=1S/C21H27N3O/c1-13(22)16-11-15(14-5-6-14)12-17-18(16)23-20-21(7-3-2-4-8-21)9-10-24(20)19(17)25/h11-14H,2-10,22H2,1H3/t13-/m1/s1. The fourth-order valence-corrected chi connectivity index (χ4v) is 5.13. The van der Waals surface area contributed by atoms with Gasteiger partial charge in [-0.25, -0.2) is 4.98 Å². The molecule has 2 aliphatic carbocycles. The lowest BCUT2D eigenvalue weighted by Gasteiger charge is -2.32. The minimum atomic E-state index is -0.0974. The van der Waals surface area contributed by atoms with Gasteiger partial charge in [-0.2, -0.15) is 0 Å². The Balaban J connectivity index is 1.78. The second-order valence-electron chi connectivity index (χ2n) is 8.55. The Kier molecular flexibility index (Phi) is 3.37. The van der Waals surface area contributed by atoms with E-state index in [2.05, 4.69) is 12.1 Å². The van der Waals surface area contributed by atoms with Crippen LogP contribution >= 0.6 is 0 Å². The van der Waals surface area contributed by atoms with E-state index in [-0.39, 0.29) is 17.0 Å². The van der Waals surface area contributed by atoms with Gasteiger partial charge < -0.3 is 5.73 Å². The fraction of sp³-hybridized carbons (Fsp3) is 0.619. The van der Waals surface area contributed by atoms with Gasteiger partial charge in [0.15, 0.2) is 0 Å². The summed E-state index contributed by atoms with van der Waals surface area (Å²) in [5, 5.41) is 0.785. The average molecular weight is 337 g/mol. The van der Waals surface area contributed by atoms with Gasteiger partial charge >= 0.3 is 0 Å². The van der Waals surface area contributed by atoms with E-state index in [0.29, 0.717) is 5.92 Å². The number of rotatable bonds is 2. The Labute approximate surface area is 148 Å². The molecular formula is C21H27N3O. The number of nitrogens with two attached hydrogens (primary N) is 1. The van der Waals surface area contributed by atoms with Crippen molar-refractivity contribution >= 4 is 10.9 Å². The van der Waals surface area contributed by atoms with Crippen LogP contribution in [0.15, 0.2) is 16.9 Å². The molecule has 0 radical (unpaired) electrons. The molecule has 0 saturated heterocycles. The minimum absolute atomic E-state index is 0.0974. The molecule has 2 heterocycles. The Morgan fingerprint density at radius 3 is 2.64 bits per heavy atom. The van der Waals surface area contributed by atoms with Gasteiger partial charge in [0, 0.05) is 18.0 Å². The molecule has 0 amide bonds. The summed E-state index contributed by atoms with van der Waals surface area (Å²) in [7, 11) is 0. The summed E-state index contributed by atoms with van der Waals surface area (Å²) >= 11 is 0. The van der Waals surface area contributed by atoms with E-state index >= 15 is 0 Å². The normalized spacial score (nSPS) is 23.1. The maximum Gasteiger partial charge on any atom is 0.261 e. The monoisotopic (exact) mass is 337 g/mol. The van der Waals surface area contributed by atoms with Crippen LogP contribution in [0, 0.1) is 0 Å². The van der Waals surface area contributed by atoms with Crippen molar-refractivity contribution in [1.82, 2.24) is 9.55 Å². The van der Waals surface area contributed by atoms with Gasteiger partial charge in [0.2, 0.25) is 0 Å². The zero-order chi connectivity index (χ0) is 17.2. The summed E-state index contributed by atoms with van der Waals surface area (Å²) in [6, 6.07) is 4.23. The van der Waals surface area contributed by atoms with Gasteiger partial charge in [-0.05, 0) is 62.1 Å². The minimum Gasteiger partial charge on any atom is -0.324 e. The first-order valence-electron chi connectivity index (χ1n) is 9.93. The lowest BCUT2D eigenvalue weighted by molar-refractivity contribution is 0.286. The van der Waals surface area contributed by atoms with Crippen LogP contribution in [0.2, 0.25) is 0 Å². The van der Waals surface area contributed by atoms with Crippen LogP contribution in [0.3, 0.4) is 0 Å². The highest BCUT2D eigenvalue weighted by atomic mass is 16.1. The van der Waals surface area contributed by atoms with Gasteiger partial charge in [0.25, 0.3) is 5.56 Å². The highest BCUT2D eigenvalue weighted by Gasteiger charge is 2.42. The lowest BCUT2D eigenvalue weighted by atomic mass is 9.72. The van der Waals surface area contributed by atoms with Crippen LogP contribution < -0.4 is 11.3 Å². The largest absolute Gasteiger partial charge is 0.324 e. The molecule has 2 aromatic rings. The van der Waals surface area contributed by atoms with E-state index in [1.807, 2.05) is 11.5 Å². The van der Waals surface area contributed by atoms with Crippen LogP contribution in [0.1, 0.15) is 87.2 Å². The maximum atomic E-state index is 13.3. The molecule has 1 aromatic heterocycles.